The molecule has 4 heteroatoms. The van der Waals surface area contributed by atoms with E-state index in [-0.39, 0.29) is 12.2 Å². The second-order valence-electron chi connectivity index (χ2n) is 5.92. The first-order valence-electron chi connectivity index (χ1n) is 8.61. The van der Waals surface area contributed by atoms with Crippen LogP contribution in [0.1, 0.15) is 57.6 Å². The van der Waals surface area contributed by atoms with E-state index in [9.17, 15) is 4.79 Å². The summed E-state index contributed by atoms with van der Waals surface area (Å²) in [6.07, 6.45) is 1.91. The lowest BCUT2D eigenvalue weighted by Crippen LogP contribution is -2.37. The molecule has 4 nitrogen and oxygen atoms in total. The number of rotatable bonds is 3. The molecule has 1 aliphatic heterocycles. The number of hydrogen-bond donors (Lipinski definition) is 0. The van der Waals surface area contributed by atoms with E-state index in [1.54, 1.807) is 4.90 Å². The van der Waals surface area contributed by atoms with Crippen LogP contribution in [0.2, 0.25) is 0 Å². The summed E-state index contributed by atoms with van der Waals surface area (Å²) >= 11 is 0. The molecule has 1 fully saturated rings. The lowest BCUT2D eigenvalue weighted by atomic mass is 9.87. The third kappa shape index (κ3) is 5.45. The van der Waals surface area contributed by atoms with Crippen molar-refractivity contribution in [2.75, 3.05) is 20.2 Å². The smallest absolute Gasteiger partial charge is 0.409 e. The molecule has 1 amide bonds. The van der Waals surface area contributed by atoms with Gasteiger partial charge in [-0.15, -0.1) is 0 Å². The maximum atomic E-state index is 11.5. The highest BCUT2D eigenvalue weighted by molar-refractivity contribution is 5.67. The summed E-state index contributed by atoms with van der Waals surface area (Å²) in [5.41, 5.74) is 2.64. The Labute approximate surface area is 140 Å². The van der Waals surface area contributed by atoms with Crippen LogP contribution >= 0.6 is 0 Å². The fourth-order valence-electron chi connectivity index (χ4n) is 2.91. The average Bonchev–Trinajstić information content (AvgIpc) is 2.57. The van der Waals surface area contributed by atoms with Crippen LogP contribution in [0.5, 0.6) is 5.75 Å². The number of aryl methyl sites for hydroxylation is 1. The lowest BCUT2D eigenvalue weighted by molar-refractivity contribution is 0.112. The van der Waals surface area contributed by atoms with Crippen LogP contribution in [-0.2, 0) is 4.74 Å². The van der Waals surface area contributed by atoms with Gasteiger partial charge in [-0.3, -0.25) is 0 Å². The van der Waals surface area contributed by atoms with Gasteiger partial charge in [0.2, 0.25) is 0 Å². The molecule has 0 unspecified atom stereocenters. The van der Waals surface area contributed by atoms with Crippen LogP contribution in [-0.4, -0.2) is 37.3 Å². The Morgan fingerprint density at radius 3 is 2.35 bits per heavy atom. The minimum absolute atomic E-state index is 0.182. The standard InChI is InChI=1S/C17H25NO3.C2H6/c1-12(2)21-15-6-5-13(3)16(11-15)14-7-9-18(10-8-14)17(19)20-4;1-2/h5-6,11-12,14H,7-10H2,1-4H3;1-2H3. The molecule has 130 valence electrons. The molecule has 0 spiro atoms. The molecular weight excluding hydrogens is 290 g/mol. The largest absolute Gasteiger partial charge is 0.491 e. The Balaban J connectivity index is 0.00000127. The number of benzene rings is 1. The van der Waals surface area contributed by atoms with Gasteiger partial charge < -0.3 is 14.4 Å². The normalized spacial score (nSPS) is 15.0. The van der Waals surface area contributed by atoms with Crippen molar-refractivity contribution in [3.8, 4) is 5.75 Å². The molecule has 0 aromatic heterocycles. The Morgan fingerprint density at radius 1 is 1.22 bits per heavy atom. The Morgan fingerprint density at radius 2 is 1.83 bits per heavy atom. The van der Waals surface area contributed by atoms with Crippen LogP contribution < -0.4 is 4.74 Å². The molecule has 1 saturated heterocycles. The number of carbonyl (C=O) groups excluding carboxylic acids is 1. The summed E-state index contributed by atoms with van der Waals surface area (Å²) in [5, 5.41) is 0. The van der Waals surface area contributed by atoms with Gasteiger partial charge in [0.25, 0.3) is 0 Å². The average molecular weight is 321 g/mol. The van der Waals surface area contributed by atoms with Gasteiger partial charge >= 0.3 is 6.09 Å². The van der Waals surface area contributed by atoms with Gasteiger partial charge in [-0.1, -0.05) is 19.9 Å². The van der Waals surface area contributed by atoms with E-state index in [0.29, 0.717) is 5.92 Å². The second kappa shape index (κ2) is 9.43. The first-order chi connectivity index (χ1) is 11.0. The summed E-state index contributed by atoms with van der Waals surface area (Å²) in [5.74, 6) is 1.42. The number of piperidine rings is 1. The highest BCUT2D eigenvalue weighted by atomic mass is 16.5. The van der Waals surface area contributed by atoms with E-state index in [0.717, 1.165) is 31.7 Å². The minimum Gasteiger partial charge on any atom is -0.491 e. The van der Waals surface area contributed by atoms with E-state index in [2.05, 4.69) is 19.1 Å². The first kappa shape index (κ1) is 19.3. The van der Waals surface area contributed by atoms with Gasteiger partial charge in [0.05, 0.1) is 13.2 Å². The molecule has 0 saturated carbocycles. The van der Waals surface area contributed by atoms with Crippen LogP contribution in [0.3, 0.4) is 0 Å². The Bertz CT molecular complexity index is 491. The third-order valence-electron chi connectivity index (χ3n) is 3.99. The summed E-state index contributed by atoms with van der Waals surface area (Å²) in [7, 11) is 1.44. The summed E-state index contributed by atoms with van der Waals surface area (Å²) in [4.78, 5) is 13.3. The van der Waals surface area contributed by atoms with Crippen molar-refractivity contribution in [1.29, 1.82) is 0 Å². The van der Waals surface area contributed by atoms with E-state index < -0.39 is 0 Å². The fraction of sp³-hybridized carbons (Fsp3) is 0.632. The number of methoxy groups -OCH3 is 1. The van der Waals surface area contributed by atoms with Crippen molar-refractivity contribution in [3.05, 3.63) is 29.3 Å². The fourth-order valence-corrected chi connectivity index (χ4v) is 2.91. The number of ether oxygens (including phenoxy) is 2. The molecule has 0 aliphatic carbocycles. The molecule has 1 aromatic carbocycles. The molecule has 23 heavy (non-hydrogen) atoms. The molecular formula is C19H31NO3. The number of nitrogens with zero attached hydrogens (tertiary/aromatic N) is 1. The zero-order chi connectivity index (χ0) is 17.4. The van der Waals surface area contributed by atoms with E-state index in [1.165, 1.54) is 18.2 Å². The Kier molecular flexibility index (Phi) is 7.93. The molecule has 1 aliphatic rings. The topological polar surface area (TPSA) is 38.8 Å². The molecule has 0 bridgehead atoms. The van der Waals surface area contributed by atoms with Crippen molar-refractivity contribution in [2.24, 2.45) is 0 Å². The maximum Gasteiger partial charge on any atom is 0.409 e. The van der Waals surface area contributed by atoms with E-state index in [4.69, 9.17) is 9.47 Å². The van der Waals surface area contributed by atoms with Crippen LogP contribution in [0, 0.1) is 6.92 Å². The van der Waals surface area contributed by atoms with Gasteiger partial charge in [0.1, 0.15) is 5.75 Å². The third-order valence-corrected chi connectivity index (χ3v) is 3.99. The first-order valence-corrected chi connectivity index (χ1v) is 8.61. The predicted molar refractivity (Wildman–Crippen MR) is 94.2 cm³/mol. The molecule has 0 radical (unpaired) electrons. The van der Waals surface area contributed by atoms with Gasteiger partial charge in [-0.05, 0) is 62.8 Å². The SMILES string of the molecule is CC.COC(=O)N1CCC(c2cc(OC(C)C)ccc2C)CC1. The molecule has 1 heterocycles. The number of carbonyl (C=O) groups is 1. The van der Waals surface area contributed by atoms with Gasteiger partial charge in [0, 0.05) is 13.1 Å². The van der Waals surface area contributed by atoms with Crippen LogP contribution in [0.15, 0.2) is 18.2 Å². The van der Waals surface area contributed by atoms with Crippen LogP contribution in [0.4, 0.5) is 4.79 Å². The van der Waals surface area contributed by atoms with Gasteiger partial charge in [-0.2, -0.15) is 0 Å². The number of hydrogen-bond acceptors (Lipinski definition) is 3. The lowest BCUT2D eigenvalue weighted by Gasteiger charge is -2.32. The minimum atomic E-state index is -0.220. The van der Waals surface area contributed by atoms with E-state index >= 15 is 0 Å². The molecule has 1 aromatic rings. The van der Waals surface area contributed by atoms with Crippen molar-refractivity contribution in [2.45, 2.75) is 59.5 Å². The summed E-state index contributed by atoms with van der Waals surface area (Å²) in [6.45, 7) is 11.7. The predicted octanol–water partition coefficient (Wildman–Crippen LogP) is 4.75. The van der Waals surface area contributed by atoms with Crippen molar-refractivity contribution < 1.29 is 14.3 Å². The summed E-state index contributed by atoms with van der Waals surface area (Å²) in [6, 6.07) is 6.32. The zero-order valence-electron chi connectivity index (χ0n) is 15.4. The van der Waals surface area contributed by atoms with Crippen molar-refractivity contribution >= 4 is 6.09 Å². The summed E-state index contributed by atoms with van der Waals surface area (Å²) < 4.78 is 10.6. The van der Waals surface area contributed by atoms with Crippen LogP contribution in [0.25, 0.3) is 0 Å². The van der Waals surface area contributed by atoms with Gasteiger partial charge in [0.15, 0.2) is 0 Å². The molecule has 2 rings (SSSR count). The number of amides is 1. The van der Waals surface area contributed by atoms with Crippen molar-refractivity contribution in [1.82, 2.24) is 4.90 Å². The molecule has 0 atom stereocenters. The molecule has 0 N–H and O–H groups in total. The zero-order valence-corrected chi connectivity index (χ0v) is 15.4. The van der Waals surface area contributed by atoms with Crippen molar-refractivity contribution in [3.63, 3.8) is 0 Å². The van der Waals surface area contributed by atoms with Gasteiger partial charge in [-0.25, -0.2) is 4.79 Å². The Hall–Kier alpha value is -1.71. The van der Waals surface area contributed by atoms with E-state index in [1.807, 2.05) is 33.8 Å². The second-order valence-corrected chi connectivity index (χ2v) is 5.92. The monoisotopic (exact) mass is 321 g/mol. The highest BCUT2D eigenvalue weighted by Gasteiger charge is 2.25. The maximum absolute atomic E-state index is 11.5. The quantitative estimate of drug-likeness (QED) is 0.806. The number of likely N-dealkylation sites (tertiary alicyclic amines) is 1. The highest BCUT2D eigenvalue weighted by Crippen LogP contribution is 2.32.